The highest BCUT2D eigenvalue weighted by atomic mass is 31.2. The number of fused-ring (bicyclic) bond motifs is 1. The van der Waals surface area contributed by atoms with Crippen molar-refractivity contribution in [2.75, 3.05) is 12.3 Å². The second-order valence-corrected chi connectivity index (χ2v) is 4.94. The van der Waals surface area contributed by atoms with E-state index in [9.17, 15) is 4.79 Å². The Morgan fingerprint density at radius 3 is 3.05 bits per heavy atom. The van der Waals surface area contributed by atoms with Crippen LogP contribution in [-0.2, 0) is 11.1 Å². The van der Waals surface area contributed by atoms with E-state index in [1.165, 1.54) is 6.33 Å². The summed E-state index contributed by atoms with van der Waals surface area (Å²) in [5.41, 5.74) is 5.71. The number of nitrogens with zero attached hydrogens (tertiary/aromatic N) is 3. The number of aromatic amines is 1. The number of hydrogen-bond donors (Lipinski definition) is 4. The van der Waals surface area contributed by atoms with Gasteiger partial charge in [0.05, 0.1) is 12.9 Å². The number of anilines is 1. The molecule has 2 rings (SSSR count). The third kappa shape index (κ3) is 3.27. The monoisotopic (exact) mass is 287 g/mol. The molecule has 0 fully saturated rings. The van der Waals surface area contributed by atoms with Crippen molar-refractivity contribution in [1.29, 1.82) is 0 Å². The molecule has 0 bridgehead atoms. The van der Waals surface area contributed by atoms with E-state index in [1.807, 2.05) is 6.92 Å². The number of imidazole rings is 1. The van der Waals surface area contributed by atoms with E-state index in [-0.39, 0.29) is 29.5 Å². The molecule has 0 aliphatic heterocycles. The Kier molecular flexibility index (Phi) is 4.11. The lowest BCUT2D eigenvalue weighted by molar-refractivity contribution is 0.209. The van der Waals surface area contributed by atoms with Crippen molar-refractivity contribution in [3.63, 3.8) is 0 Å². The van der Waals surface area contributed by atoms with Crippen LogP contribution in [0, 0.1) is 5.92 Å². The number of hydrogen-bond acceptors (Lipinski definition) is 7. The molecule has 0 radical (unpaired) electrons. The van der Waals surface area contributed by atoms with E-state index in [0.29, 0.717) is 12.2 Å². The minimum absolute atomic E-state index is 0.0102. The van der Waals surface area contributed by atoms with Gasteiger partial charge in [-0.15, -0.1) is 0 Å². The Hall–Kier alpha value is -1.54. The summed E-state index contributed by atoms with van der Waals surface area (Å²) in [6.07, 6.45) is 1.49. The largest absolute Gasteiger partial charge is 0.369 e. The standard InChI is InChI=1S/C9H14N5O4P/c1-5(3-18-19(16)17)2-14-4-11-6-7(14)12-9(10)13-8(6)15/h4-5,16-17H,2-3H2,1H3,(H3,10,12,13,15). The van der Waals surface area contributed by atoms with Gasteiger partial charge in [0.25, 0.3) is 5.56 Å². The molecule has 0 saturated carbocycles. The Bertz CT molecular complexity index is 625. The highest BCUT2D eigenvalue weighted by molar-refractivity contribution is 7.39. The molecule has 0 aromatic carbocycles. The summed E-state index contributed by atoms with van der Waals surface area (Å²) in [5, 5.41) is 0. The molecular weight excluding hydrogens is 273 g/mol. The summed E-state index contributed by atoms with van der Waals surface area (Å²) in [5.74, 6) is 0.0152. The van der Waals surface area contributed by atoms with E-state index in [0.717, 1.165) is 0 Å². The average Bonchev–Trinajstić information content (AvgIpc) is 2.70. The van der Waals surface area contributed by atoms with Gasteiger partial charge in [-0.25, -0.2) is 4.98 Å². The predicted octanol–water partition coefficient (Wildman–Crippen LogP) is -0.434. The third-order valence-corrected chi connectivity index (χ3v) is 2.86. The molecule has 9 nitrogen and oxygen atoms in total. The Morgan fingerprint density at radius 1 is 1.63 bits per heavy atom. The van der Waals surface area contributed by atoms with E-state index in [1.54, 1.807) is 4.57 Å². The van der Waals surface area contributed by atoms with Crippen LogP contribution in [0.3, 0.4) is 0 Å². The maximum atomic E-state index is 11.6. The first-order valence-electron chi connectivity index (χ1n) is 5.48. The van der Waals surface area contributed by atoms with Crippen molar-refractivity contribution in [2.45, 2.75) is 13.5 Å². The van der Waals surface area contributed by atoms with E-state index < -0.39 is 8.60 Å². The third-order valence-electron chi connectivity index (χ3n) is 2.48. The molecule has 10 heteroatoms. The smallest absolute Gasteiger partial charge is 0.327 e. The van der Waals surface area contributed by atoms with Crippen molar-refractivity contribution >= 4 is 25.7 Å². The Labute approximate surface area is 109 Å². The molecule has 2 aromatic heterocycles. The molecule has 0 saturated heterocycles. The Morgan fingerprint density at radius 2 is 2.37 bits per heavy atom. The summed E-state index contributed by atoms with van der Waals surface area (Å²) >= 11 is 0. The van der Waals surface area contributed by atoms with Gasteiger partial charge in [-0.2, -0.15) is 4.98 Å². The van der Waals surface area contributed by atoms with Crippen LogP contribution in [0.2, 0.25) is 0 Å². The summed E-state index contributed by atoms with van der Waals surface area (Å²) in [4.78, 5) is 39.3. The lowest BCUT2D eigenvalue weighted by Gasteiger charge is -2.12. The zero-order valence-electron chi connectivity index (χ0n) is 10.1. The highest BCUT2D eigenvalue weighted by Gasteiger charge is 2.12. The molecule has 0 aliphatic carbocycles. The summed E-state index contributed by atoms with van der Waals surface area (Å²) in [7, 11) is -2.36. The fourth-order valence-corrected chi connectivity index (χ4v) is 2.07. The topological polar surface area (TPSA) is 139 Å². The first-order valence-corrected chi connectivity index (χ1v) is 6.65. The lowest BCUT2D eigenvalue weighted by atomic mass is 10.2. The first-order chi connectivity index (χ1) is 8.97. The molecule has 1 atom stereocenters. The highest BCUT2D eigenvalue weighted by Crippen LogP contribution is 2.25. The maximum absolute atomic E-state index is 11.6. The maximum Gasteiger partial charge on any atom is 0.327 e. The molecule has 2 aromatic rings. The van der Waals surface area contributed by atoms with Crippen molar-refractivity contribution < 1.29 is 14.3 Å². The number of aromatic nitrogens is 4. The zero-order chi connectivity index (χ0) is 14.0. The fourth-order valence-electron chi connectivity index (χ4n) is 1.69. The number of nitrogens with two attached hydrogens (primary N) is 1. The summed E-state index contributed by atoms with van der Waals surface area (Å²) in [6.45, 7) is 2.51. The minimum atomic E-state index is -2.36. The van der Waals surface area contributed by atoms with Gasteiger partial charge in [0.15, 0.2) is 11.2 Å². The Balaban J connectivity index is 2.19. The summed E-state index contributed by atoms with van der Waals surface area (Å²) < 4.78 is 6.41. The SMILES string of the molecule is CC(COP(O)O)Cn1cnc2c(=O)[nH]c(N)nc21. The quantitative estimate of drug-likeness (QED) is 0.547. The molecule has 5 N–H and O–H groups in total. The number of rotatable bonds is 5. The van der Waals surface area contributed by atoms with Crippen LogP contribution >= 0.6 is 8.60 Å². The van der Waals surface area contributed by atoms with Gasteiger partial charge in [0, 0.05) is 6.54 Å². The van der Waals surface area contributed by atoms with E-state index >= 15 is 0 Å². The first kappa shape index (κ1) is 13.9. The van der Waals surface area contributed by atoms with Crippen molar-refractivity contribution in [1.82, 2.24) is 19.5 Å². The normalized spacial score (nSPS) is 13.3. The fraction of sp³-hybridized carbons (Fsp3) is 0.444. The molecule has 2 heterocycles. The van der Waals surface area contributed by atoms with Gasteiger partial charge < -0.3 is 24.6 Å². The van der Waals surface area contributed by atoms with Crippen LogP contribution in [0.1, 0.15) is 6.92 Å². The van der Waals surface area contributed by atoms with Gasteiger partial charge in [0.2, 0.25) is 5.95 Å². The van der Waals surface area contributed by atoms with Gasteiger partial charge >= 0.3 is 8.60 Å². The summed E-state index contributed by atoms with van der Waals surface area (Å²) in [6, 6.07) is 0. The molecule has 104 valence electrons. The second kappa shape index (κ2) is 5.62. The molecule has 0 amide bonds. The van der Waals surface area contributed by atoms with Crippen molar-refractivity contribution in [3.05, 3.63) is 16.7 Å². The molecule has 0 aliphatic rings. The van der Waals surface area contributed by atoms with Crippen LogP contribution in [-0.4, -0.2) is 35.9 Å². The van der Waals surface area contributed by atoms with Crippen LogP contribution < -0.4 is 11.3 Å². The molecule has 0 spiro atoms. The van der Waals surface area contributed by atoms with Gasteiger partial charge in [-0.1, -0.05) is 6.92 Å². The minimum Gasteiger partial charge on any atom is -0.369 e. The molecule has 1 unspecified atom stereocenters. The number of H-pyrrole nitrogens is 1. The second-order valence-electron chi connectivity index (χ2n) is 4.17. The molecule has 19 heavy (non-hydrogen) atoms. The van der Waals surface area contributed by atoms with Crippen LogP contribution in [0.15, 0.2) is 11.1 Å². The van der Waals surface area contributed by atoms with Crippen LogP contribution in [0.4, 0.5) is 5.95 Å². The van der Waals surface area contributed by atoms with Crippen LogP contribution in [0.25, 0.3) is 11.2 Å². The number of nitrogen functional groups attached to an aromatic ring is 1. The van der Waals surface area contributed by atoms with Gasteiger partial charge in [0.1, 0.15) is 0 Å². The predicted molar refractivity (Wildman–Crippen MR) is 69.0 cm³/mol. The van der Waals surface area contributed by atoms with E-state index in [2.05, 4.69) is 15.0 Å². The van der Waals surface area contributed by atoms with Gasteiger partial charge in [-0.3, -0.25) is 9.78 Å². The zero-order valence-corrected chi connectivity index (χ0v) is 11.0. The van der Waals surface area contributed by atoms with Crippen molar-refractivity contribution in [2.24, 2.45) is 5.92 Å². The van der Waals surface area contributed by atoms with Crippen LogP contribution in [0.5, 0.6) is 0 Å². The lowest BCUT2D eigenvalue weighted by Crippen LogP contribution is -2.15. The van der Waals surface area contributed by atoms with Crippen molar-refractivity contribution in [3.8, 4) is 0 Å². The average molecular weight is 287 g/mol. The number of nitrogens with one attached hydrogen (secondary N) is 1. The van der Waals surface area contributed by atoms with E-state index in [4.69, 9.17) is 20.0 Å². The molecular formula is C9H14N5O4P. The van der Waals surface area contributed by atoms with Gasteiger partial charge in [-0.05, 0) is 5.92 Å².